The van der Waals surface area contributed by atoms with Gasteiger partial charge in [-0.1, -0.05) is 48.7 Å². The number of rotatable bonds is 28. The van der Waals surface area contributed by atoms with Crippen LogP contribution in [0.3, 0.4) is 0 Å². The highest BCUT2D eigenvalue weighted by Crippen LogP contribution is 2.26. The number of carbonyl (C=O) groups is 2. The number of unbranched alkanes of at least 4 members (excludes halogenated alkanes) is 1. The molecular weight excluding hydrogens is 938 g/mol. The van der Waals surface area contributed by atoms with Crippen molar-refractivity contribution in [3.63, 3.8) is 0 Å². The van der Waals surface area contributed by atoms with E-state index in [1.165, 1.54) is 0 Å². The fourth-order valence-electron chi connectivity index (χ4n) is 8.04. The van der Waals surface area contributed by atoms with Crippen LogP contribution in [0.2, 0.25) is 0 Å². The first-order chi connectivity index (χ1) is 34.0. The summed E-state index contributed by atoms with van der Waals surface area (Å²) in [6, 6.07) is 4.46. The predicted molar refractivity (Wildman–Crippen MR) is 260 cm³/mol. The molecule has 71 heavy (non-hydrogen) atoms. The molecule has 5 atom stereocenters. The number of aliphatic hydroxyl groups excluding tert-OH is 1. The summed E-state index contributed by atoms with van der Waals surface area (Å²) in [7, 11) is 0. The van der Waals surface area contributed by atoms with Crippen LogP contribution in [0.25, 0.3) is 0 Å². The van der Waals surface area contributed by atoms with Gasteiger partial charge < -0.3 is 78.9 Å². The third kappa shape index (κ3) is 16.1. The number of terminal acetylenes is 1. The van der Waals surface area contributed by atoms with Crippen LogP contribution >= 0.6 is 0 Å². The molecule has 5 unspecified atom stereocenters. The molecule has 0 saturated carbocycles. The molecule has 2 saturated heterocycles. The number of aliphatic hydroxyl groups is 1. The standard InChI is InChI=1S/C46H71N17O7.ClH/c1-4-23-68-25-27-70-28-26-69-24-14-50-44-51-45(60-19-15-58(16-20-60)42(66)39(8-6-7-13-47)62-30-37(54-56-62)36(48)32-64)53-46(52-44)61-21-17-59(18-22-61)43(67)40(29-34-9-11-35(65)12-10-34)63-31-38(55-57-63)41(49)33(3)5-2;/h1,9-12,30-31,33,36,39-41,64-65H,5-8,13-29,32,47-49H2,2-3H3,(H,50,51,52,53);1H/p-1. The highest BCUT2D eigenvalue weighted by atomic mass is 35.5. The molecule has 9 N–H and O–H groups in total. The number of carbonyl (C=O) groups excluding carboxylic acids is 2. The van der Waals surface area contributed by atoms with Crippen molar-refractivity contribution in [1.82, 2.24) is 54.7 Å². The Bertz CT molecular complexity index is 2250. The van der Waals surface area contributed by atoms with Gasteiger partial charge in [0.2, 0.25) is 29.7 Å². The van der Waals surface area contributed by atoms with Gasteiger partial charge >= 0.3 is 0 Å². The molecule has 2 aliphatic rings. The van der Waals surface area contributed by atoms with E-state index in [0.717, 1.165) is 24.8 Å². The summed E-state index contributed by atoms with van der Waals surface area (Å²) in [5.41, 5.74) is 20.2. The predicted octanol–water partition coefficient (Wildman–Crippen LogP) is -2.95. The minimum Gasteiger partial charge on any atom is -1.00 e. The van der Waals surface area contributed by atoms with Gasteiger partial charge in [-0.3, -0.25) is 9.59 Å². The number of amides is 2. The molecule has 0 spiro atoms. The number of hydrogen-bond donors (Lipinski definition) is 6. The van der Waals surface area contributed by atoms with Crippen LogP contribution in [-0.4, -0.2) is 188 Å². The third-order valence-corrected chi connectivity index (χ3v) is 12.6. The second-order valence-corrected chi connectivity index (χ2v) is 17.4. The maximum absolute atomic E-state index is 14.5. The lowest BCUT2D eigenvalue weighted by molar-refractivity contribution is -0.136. The summed E-state index contributed by atoms with van der Waals surface area (Å²) < 4.78 is 19.7. The van der Waals surface area contributed by atoms with E-state index >= 15 is 0 Å². The van der Waals surface area contributed by atoms with Gasteiger partial charge in [-0.25, -0.2) is 9.36 Å². The van der Waals surface area contributed by atoms with Gasteiger partial charge in [-0.05, 0) is 49.4 Å². The summed E-state index contributed by atoms with van der Waals surface area (Å²) in [6.45, 7) is 10.4. The van der Waals surface area contributed by atoms with E-state index < -0.39 is 18.1 Å². The van der Waals surface area contributed by atoms with Crippen molar-refractivity contribution in [2.24, 2.45) is 23.1 Å². The van der Waals surface area contributed by atoms with E-state index in [2.05, 4.69) is 45.7 Å². The lowest BCUT2D eigenvalue weighted by atomic mass is 9.98. The Kier molecular flexibility index (Phi) is 22.9. The maximum atomic E-state index is 14.5. The summed E-state index contributed by atoms with van der Waals surface area (Å²) in [6.07, 6.45) is 11.8. The number of nitrogens with zero attached hydrogens (tertiary/aromatic N) is 13. The number of aromatic hydroxyl groups is 1. The van der Waals surface area contributed by atoms with E-state index in [0.29, 0.717) is 141 Å². The molecule has 0 bridgehead atoms. The topological polar surface area (TPSA) is 305 Å². The molecule has 5 heterocycles. The Balaban J connectivity index is 0.00000937. The Morgan fingerprint density at radius 1 is 0.789 bits per heavy atom. The zero-order chi connectivity index (χ0) is 49.8. The fraction of sp³-hybridized carbons (Fsp3) is 0.630. The first-order valence-electron chi connectivity index (χ1n) is 24.2. The van der Waals surface area contributed by atoms with Crippen molar-refractivity contribution in [2.75, 3.05) is 127 Å². The molecular formula is C46H71ClN17O7-. The number of hydrogen-bond acceptors (Lipinski definition) is 20. The van der Waals surface area contributed by atoms with Crippen LogP contribution in [0.15, 0.2) is 36.7 Å². The van der Waals surface area contributed by atoms with E-state index in [9.17, 15) is 19.8 Å². The number of phenols is 1. The van der Waals surface area contributed by atoms with Gasteiger partial charge in [0.1, 0.15) is 30.1 Å². The Hall–Kier alpha value is -5.78. The lowest BCUT2D eigenvalue weighted by Crippen LogP contribution is -3.00. The van der Waals surface area contributed by atoms with Crippen LogP contribution in [0.5, 0.6) is 5.75 Å². The average Bonchev–Trinajstić information content (AvgIpc) is 4.10. The van der Waals surface area contributed by atoms with E-state index in [1.54, 1.807) is 46.0 Å². The van der Waals surface area contributed by atoms with Gasteiger partial charge in [-0.2, -0.15) is 15.0 Å². The molecule has 3 aromatic heterocycles. The Morgan fingerprint density at radius 3 is 1.92 bits per heavy atom. The number of nitrogens with two attached hydrogens (primary N) is 3. The fourth-order valence-corrected chi connectivity index (χ4v) is 8.04. The van der Waals surface area contributed by atoms with E-state index in [4.69, 9.17) is 52.8 Å². The van der Waals surface area contributed by atoms with Crippen molar-refractivity contribution in [2.45, 2.75) is 70.1 Å². The summed E-state index contributed by atoms with van der Waals surface area (Å²) >= 11 is 0. The van der Waals surface area contributed by atoms with Crippen LogP contribution in [-0.2, 0) is 30.2 Å². The SMILES string of the molecule is C#CCOCCOCCOCCNc1nc(N2CCN(C(=O)C(CCCCN)n3cc(C(N)CO)nn3)CC2)nc(N2CCN(C(=O)C(Cc3ccc(O)cc3)n3cc(C(N)C(C)CC)nn3)CC2)n1.[Cl-]. The van der Waals surface area contributed by atoms with Crippen molar-refractivity contribution >= 4 is 29.7 Å². The summed E-state index contributed by atoms with van der Waals surface area (Å²) in [5, 5.41) is 39.9. The number of phenolic OH excluding ortho intramolecular Hbond substituents is 1. The molecule has 0 aliphatic carbocycles. The Morgan fingerprint density at radius 2 is 1.34 bits per heavy atom. The number of ether oxygens (including phenoxy) is 3. The van der Waals surface area contributed by atoms with E-state index in [-0.39, 0.29) is 55.1 Å². The van der Waals surface area contributed by atoms with E-state index in [1.807, 2.05) is 19.6 Å². The molecule has 6 rings (SSSR count). The summed E-state index contributed by atoms with van der Waals surface area (Å²) in [4.78, 5) is 50.9. The second kappa shape index (κ2) is 28.9. The quantitative estimate of drug-likeness (QED) is 0.0245. The minimum absolute atomic E-state index is 0. The zero-order valence-electron chi connectivity index (χ0n) is 40.8. The highest BCUT2D eigenvalue weighted by molar-refractivity contribution is 5.81. The minimum atomic E-state index is -0.704. The molecule has 25 heteroatoms. The van der Waals surface area contributed by atoms with Gasteiger partial charge in [0.05, 0.1) is 69.8 Å². The van der Waals surface area contributed by atoms with Crippen LogP contribution in [0, 0.1) is 18.3 Å². The Labute approximate surface area is 421 Å². The second-order valence-electron chi connectivity index (χ2n) is 17.4. The molecule has 2 aliphatic heterocycles. The number of aromatic nitrogens is 9. The molecule has 1 aromatic carbocycles. The third-order valence-electron chi connectivity index (χ3n) is 12.6. The monoisotopic (exact) mass is 1010 g/mol. The van der Waals surface area contributed by atoms with Gasteiger partial charge in [0.25, 0.3) is 0 Å². The normalized spacial score (nSPS) is 16.2. The maximum Gasteiger partial charge on any atom is 0.247 e. The summed E-state index contributed by atoms with van der Waals surface area (Å²) in [5.74, 6) is 3.78. The highest BCUT2D eigenvalue weighted by Gasteiger charge is 2.34. The molecule has 390 valence electrons. The molecule has 24 nitrogen and oxygen atoms in total. The number of anilines is 3. The molecule has 0 radical (unpaired) electrons. The molecule has 2 fully saturated rings. The number of benzene rings is 1. The smallest absolute Gasteiger partial charge is 0.247 e. The largest absolute Gasteiger partial charge is 1.00 e. The number of halogens is 1. The first-order valence-corrected chi connectivity index (χ1v) is 24.2. The first kappa shape index (κ1) is 56.1. The molecule has 2 amide bonds. The van der Waals surface area contributed by atoms with Crippen molar-refractivity contribution in [1.29, 1.82) is 0 Å². The van der Waals surface area contributed by atoms with Crippen LogP contribution < -0.4 is 44.7 Å². The van der Waals surface area contributed by atoms with Crippen LogP contribution in [0.4, 0.5) is 17.8 Å². The van der Waals surface area contributed by atoms with Crippen molar-refractivity contribution < 1.29 is 46.4 Å². The molecule has 4 aromatic rings. The van der Waals surface area contributed by atoms with Gasteiger partial charge in [-0.15, -0.1) is 16.6 Å². The zero-order valence-corrected chi connectivity index (χ0v) is 41.6. The number of nitrogens with one attached hydrogen (secondary N) is 1. The van der Waals surface area contributed by atoms with Crippen molar-refractivity contribution in [3.8, 4) is 18.1 Å². The van der Waals surface area contributed by atoms with Gasteiger partial charge in [0, 0.05) is 65.3 Å². The van der Waals surface area contributed by atoms with Gasteiger partial charge in [0.15, 0.2) is 0 Å². The van der Waals surface area contributed by atoms with Crippen molar-refractivity contribution in [3.05, 3.63) is 53.6 Å². The lowest BCUT2D eigenvalue weighted by Gasteiger charge is -2.38. The number of piperazine rings is 2. The average molecular weight is 1010 g/mol. The van der Waals surface area contributed by atoms with Crippen LogP contribution in [0.1, 0.15) is 80.6 Å².